The van der Waals surface area contributed by atoms with Crippen LogP contribution in [0.3, 0.4) is 0 Å². The van der Waals surface area contributed by atoms with Crippen LogP contribution in [-0.2, 0) is 0 Å². The molecule has 0 aromatic heterocycles. The Hall–Kier alpha value is -1.24. The van der Waals surface area contributed by atoms with E-state index in [4.69, 9.17) is 0 Å². The zero-order chi connectivity index (χ0) is 11.7. The first-order valence-electron chi connectivity index (χ1n) is 5.45. The fraction of sp³-hybridized carbons (Fsp3) is 0.429. The third-order valence-corrected chi connectivity index (χ3v) is 2.10. The average Bonchev–Trinajstić information content (AvgIpc) is 2.16. The van der Waals surface area contributed by atoms with Crippen LogP contribution in [0.25, 0.3) is 0 Å². The van der Waals surface area contributed by atoms with Crippen molar-refractivity contribution in [1.29, 1.82) is 0 Å². The van der Waals surface area contributed by atoms with Crippen LogP contribution >= 0.6 is 0 Å². The Bertz CT molecular complexity index is 257. The molecule has 1 N–H and O–H groups in total. The molecule has 0 saturated heterocycles. The molecule has 0 unspecified atom stereocenters. The zero-order valence-electron chi connectivity index (χ0n) is 10.2. The van der Waals surface area contributed by atoms with E-state index < -0.39 is 0 Å². The Kier molecular flexibility index (Phi) is 6.52. The molecule has 0 fully saturated rings. The van der Waals surface area contributed by atoms with E-state index in [0.717, 1.165) is 12.1 Å². The van der Waals surface area contributed by atoms with Crippen molar-refractivity contribution in [2.45, 2.75) is 39.2 Å². The van der Waals surface area contributed by atoms with E-state index in [1.54, 1.807) is 6.08 Å². The molecule has 1 heteroatoms. The van der Waals surface area contributed by atoms with E-state index >= 15 is 0 Å². The molecule has 0 amide bonds. The van der Waals surface area contributed by atoms with Gasteiger partial charge >= 0.3 is 0 Å². The molecular weight excluding hydrogens is 182 g/mol. The standard InChI is InChI=1S/C14H23N/c1-6-9-10-11-13(8-3)15-14(4,5)12-7-2/h6,8-11,15H,1,3,7,12H2,2,4-5H3/b10-9-,13-11+. The minimum Gasteiger partial charge on any atom is -0.380 e. The Morgan fingerprint density at radius 3 is 2.40 bits per heavy atom. The van der Waals surface area contributed by atoms with Crippen molar-refractivity contribution in [2.24, 2.45) is 0 Å². The SMILES string of the molecule is C=C/C=C\C=C(/C=C)NC(C)(C)CCC. The first-order valence-corrected chi connectivity index (χ1v) is 5.45. The second-order valence-corrected chi connectivity index (χ2v) is 4.21. The molecule has 0 saturated carbocycles. The number of hydrogen-bond donors (Lipinski definition) is 1. The van der Waals surface area contributed by atoms with Gasteiger partial charge in [0.25, 0.3) is 0 Å². The molecule has 84 valence electrons. The molecule has 0 aliphatic rings. The van der Waals surface area contributed by atoms with Crippen LogP contribution in [0.2, 0.25) is 0 Å². The quantitative estimate of drug-likeness (QED) is 0.620. The van der Waals surface area contributed by atoms with Gasteiger partial charge in [0.2, 0.25) is 0 Å². The molecule has 0 bridgehead atoms. The summed E-state index contributed by atoms with van der Waals surface area (Å²) in [5.74, 6) is 0. The van der Waals surface area contributed by atoms with Crippen LogP contribution in [0.1, 0.15) is 33.6 Å². The van der Waals surface area contributed by atoms with Gasteiger partial charge in [0.05, 0.1) is 0 Å². The smallest absolute Gasteiger partial charge is 0.0338 e. The highest BCUT2D eigenvalue weighted by molar-refractivity contribution is 5.23. The highest BCUT2D eigenvalue weighted by Gasteiger charge is 2.15. The van der Waals surface area contributed by atoms with Crippen molar-refractivity contribution in [3.05, 3.63) is 49.2 Å². The predicted octanol–water partition coefficient (Wildman–Crippen LogP) is 3.97. The summed E-state index contributed by atoms with van der Waals surface area (Å²) in [6, 6.07) is 0. The van der Waals surface area contributed by atoms with Gasteiger partial charge in [-0.15, -0.1) is 0 Å². The fourth-order valence-corrected chi connectivity index (χ4v) is 1.48. The molecular formula is C14H23N. The normalized spacial score (nSPS) is 12.9. The van der Waals surface area contributed by atoms with Gasteiger partial charge in [0.15, 0.2) is 0 Å². The molecule has 0 heterocycles. The van der Waals surface area contributed by atoms with E-state index in [1.165, 1.54) is 6.42 Å². The van der Waals surface area contributed by atoms with Crippen LogP contribution in [0.15, 0.2) is 49.2 Å². The summed E-state index contributed by atoms with van der Waals surface area (Å²) in [7, 11) is 0. The summed E-state index contributed by atoms with van der Waals surface area (Å²) >= 11 is 0. The summed E-state index contributed by atoms with van der Waals surface area (Å²) in [4.78, 5) is 0. The monoisotopic (exact) mass is 205 g/mol. The van der Waals surface area contributed by atoms with Gasteiger partial charge in [-0.05, 0) is 32.4 Å². The lowest BCUT2D eigenvalue weighted by Gasteiger charge is -2.27. The number of hydrogen-bond acceptors (Lipinski definition) is 1. The molecule has 0 rings (SSSR count). The van der Waals surface area contributed by atoms with Crippen molar-refractivity contribution in [1.82, 2.24) is 5.32 Å². The highest BCUT2D eigenvalue weighted by atomic mass is 15.0. The second kappa shape index (κ2) is 7.10. The van der Waals surface area contributed by atoms with Crippen LogP contribution in [0.5, 0.6) is 0 Å². The van der Waals surface area contributed by atoms with Gasteiger partial charge in [-0.1, -0.05) is 44.7 Å². The van der Waals surface area contributed by atoms with Gasteiger partial charge < -0.3 is 5.32 Å². The first kappa shape index (κ1) is 13.8. The number of rotatable bonds is 7. The van der Waals surface area contributed by atoms with E-state index in [9.17, 15) is 0 Å². The number of nitrogens with one attached hydrogen (secondary N) is 1. The first-order chi connectivity index (χ1) is 7.05. The molecule has 15 heavy (non-hydrogen) atoms. The second-order valence-electron chi connectivity index (χ2n) is 4.21. The molecule has 0 atom stereocenters. The molecule has 0 aromatic rings. The van der Waals surface area contributed by atoms with Crippen molar-refractivity contribution in [3.8, 4) is 0 Å². The molecule has 1 nitrogen and oxygen atoms in total. The van der Waals surface area contributed by atoms with Gasteiger partial charge in [-0.2, -0.15) is 0 Å². The van der Waals surface area contributed by atoms with E-state index in [0.29, 0.717) is 0 Å². The van der Waals surface area contributed by atoms with Crippen LogP contribution in [0.4, 0.5) is 0 Å². The third kappa shape index (κ3) is 6.78. The van der Waals surface area contributed by atoms with Gasteiger partial charge in [0.1, 0.15) is 0 Å². The van der Waals surface area contributed by atoms with Crippen LogP contribution in [0, 0.1) is 0 Å². The largest absolute Gasteiger partial charge is 0.380 e. The Labute approximate surface area is 94.3 Å². The number of allylic oxidation sites excluding steroid dienone is 5. The van der Waals surface area contributed by atoms with E-state index in [-0.39, 0.29) is 5.54 Å². The maximum Gasteiger partial charge on any atom is 0.0338 e. The molecule has 0 aliphatic carbocycles. The summed E-state index contributed by atoms with van der Waals surface area (Å²) in [6.07, 6.45) is 11.8. The van der Waals surface area contributed by atoms with Crippen molar-refractivity contribution in [3.63, 3.8) is 0 Å². The maximum atomic E-state index is 3.79. The van der Waals surface area contributed by atoms with Crippen LogP contribution < -0.4 is 5.32 Å². The third-order valence-electron chi connectivity index (χ3n) is 2.10. The van der Waals surface area contributed by atoms with Crippen molar-refractivity contribution < 1.29 is 0 Å². The summed E-state index contributed by atoms with van der Waals surface area (Å²) in [6.45, 7) is 14.0. The van der Waals surface area contributed by atoms with Crippen LogP contribution in [-0.4, -0.2) is 5.54 Å². The van der Waals surface area contributed by atoms with Gasteiger partial charge in [-0.25, -0.2) is 0 Å². The minimum atomic E-state index is 0.122. The average molecular weight is 205 g/mol. The lowest BCUT2D eigenvalue weighted by Crippen LogP contribution is -2.37. The highest BCUT2D eigenvalue weighted by Crippen LogP contribution is 2.13. The summed E-state index contributed by atoms with van der Waals surface area (Å²) in [5, 5.41) is 3.46. The topological polar surface area (TPSA) is 12.0 Å². The zero-order valence-corrected chi connectivity index (χ0v) is 10.2. The lowest BCUT2D eigenvalue weighted by atomic mass is 9.98. The Balaban J connectivity index is 4.44. The molecule has 0 spiro atoms. The summed E-state index contributed by atoms with van der Waals surface area (Å²) in [5.41, 5.74) is 1.17. The lowest BCUT2D eigenvalue weighted by molar-refractivity contribution is 0.397. The van der Waals surface area contributed by atoms with Crippen molar-refractivity contribution >= 4 is 0 Å². The Morgan fingerprint density at radius 2 is 1.93 bits per heavy atom. The molecule has 0 radical (unpaired) electrons. The van der Waals surface area contributed by atoms with Gasteiger partial charge in [-0.3, -0.25) is 0 Å². The molecule has 0 aliphatic heterocycles. The molecule has 0 aromatic carbocycles. The van der Waals surface area contributed by atoms with E-state index in [2.05, 4.69) is 39.2 Å². The van der Waals surface area contributed by atoms with Crippen molar-refractivity contribution in [2.75, 3.05) is 0 Å². The summed E-state index contributed by atoms with van der Waals surface area (Å²) < 4.78 is 0. The maximum absolute atomic E-state index is 3.79. The van der Waals surface area contributed by atoms with Gasteiger partial charge in [0, 0.05) is 11.2 Å². The minimum absolute atomic E-state index is 0.122. The van der Waals surface area contributed by atoms with E-state index in [1.807, 2.05) is 24.3 Å². The Morgan fingerprint density at radius 1 is 1.27 bits per heavy atom. The fourth-order valence-electron chi connectivity index (χ4n) is 1.48. The predicted molar refractivity (Wildman–Crippen MR) is 69.7 cm³/mol.